The Balaban J connectivity index is 1.53. The minimum absolute atomic E-state index is 0.0202. The topological polar surface area (TPSA) is 102 Å². The van der Waals surface area contributed by atoms with Crippen LogP contribution in [0.25, 0.3) is 16.9 Å². The predicted octanol–water partition coefficient (Wildman–Crippen LogP) is 8.16. The van der Waals surface area contributed by atoms with E-state index in [4.69, 9.17) is 0 Å². The Hall–Kier alpha value is -4.71. The normalized spacial score (nSPS) is 11.7. The maximum absolute atomic E-state index is 14.1. The van der Waals surface area contributed by atoms with E-state index in [0.717, 1.165) is 28.3 Å². The molecule has 8 nitrogen and oxygen atoms in total. The monoisotopic (exact) mass is 591 g/mol. The van der Waals surface area contributed by atoms with E-state index in [0.29, 0.717) is 15.0 Å². The van der Waals surface area contributed by atoms with Gasteiger partial charge >= 0.3 is 6.18 Å². The number of amides is 1. The minimum atomic E-state index is -4.78. The number of nitro groups is 1. The Labute approximate surface area is 242 Å². The van der Waals surface area contributed by atoms with Gasteiger partial charge in [0.1, 0.15) is 5.56 Å². The molecular weight excluding hydrogens is 567 g/mol. The van der Waals surface area contributed by atoms with Crippen LogP contribution in [-0.4, -0.2) is 25.4 Å². The number of carbonyl (C=O) groups is 1. The van der Waals surface area contributed by atoms with Crippen LogP contribution in [0.4, 0.5) is 24.5 Å². The number of fused-ring (bicyclic) bond motifs is 1. The van der Waals surface area contributed by atoms with E-state index >= 15 is 0 Å². The summed E-state index contributed by atoms with van der Waals surface area (Å²) in [6.45, 7) is 5.95. The van der Waals surface area contributed by atoms with Gasteiger partial charge in [-0.15, -0.1) is 0 Å². The molecule has 0 aliphatic carbocycles. The molecule has 0 saturated heterocycles. The van der Waals surface area contributed by atoms with Gasteiger partial charge in [-0.05, 0) is 42.7 Å². The maximum Gasteiger partial charge on any atom is 0.433 e. The highest BCUT2D eigenvalue weighted by atomic mass is 32.2. The number of benzene rings is 3. The van der Waals surface area contributed by atoms with Crippen LogP contribution in [0.3, 0.4) is 0 Å². The SMILES string of the molecule is Cc1ccc(Sc2cc(NC(=O)c3cnn4c(C(F)(F)F)cc(-c5ccc(C(C)C)cc5)nc34)cc([N+](=O)[O-])c2)cc1. The number of nitro benzene ring substituents is 1. The highest BCUT2D eigenvalue weighted by molar-refractivity contribution is 7.99. The molecule has 0 radical (unpaired) electrons. The van der Waals surface area contributed by atoms with Gasteiger partial charge in [-0.1, -0.05) is 67.6 Å². The van der Waals surface area contributed by atoms with Crippen molar-refractivity contribution in [2.24, 2.45) is 0 Å². The van der Waals surface area contributed by atoms with E-state index in [-0.39, 0.29) is 34.2 Å². The molecule has 0 aliphatic heterocycles. The summed E-state index contributed by atoms with van der Waals surface area (Å²) in [5.41, 5.74) is 0.747. The van der Waals surface area contributed by atoms with E-state index < -0.39 is 22.7 Å². The van der Waals surface area contributed by atoms with E-state index in [1.165, 1.54) is 23.9 Å². The first-order valence-corrected chi connectivity index (χ1v) is 13.6. The molecule has 5 aromatic rings. The van der Waals surface area contributed by atoms with Crippen LogP contribution in [-0.2, 0) is 6.18 Å². The zero-order chi connectivity index (χ0) is 30.2. The highest BCUT2D eigenvalue weighted by Crippen LogP contribution is 2.35. The molecule has 0 saturated carbocycles. The molecule has 3 aromatic carbocycles. The quantitative estimate of drug-likeness (QED) is 0.151. The molecular formula is C30H24F3N5O3S. The Morgan fingerprint density at radius 3 is 2.31 bits per heavy atom. The number of aromatic nitrogens is 3. The summed E-state index contributed by atoms with van der Waals surface area (Å²) >= 11 is 1.27. The van der Waals surface area contributed by atoms with Crippen LogP contribution in [0.2, 0.25) is 0 Å². The van der Waals surface area contributed by atoms with Crippen molar-refractivity contribution in [3.63, 3.8) is 0 Å². The molecule has 12 heteroatoms. The standard InChI is InChI=1S/C30H24F3N5O3S/c1-17(2)19-6-8-20(9-7-19)26-15-27(30(31,32)33)37-28(36-26)25(16-34-37)29(39)35-21-12-22(38(40)41)14-24(13-21)42-23-10-4-18(3)5-11-23/h4-17H,1-3H3,(H,35,39). The van der Waals surface area contributed by atoms with Gasteiger partial charge in [-0.2, -0.15) is 18.3 Å². The lowest BCUT2D eigenvalue weighted by molar-refractivity contribution is -0.385. The summed E-state index contributed by atoms with van der Waals surface area (Å²) in [5.74, 6) is -0.584. The number of anilines is 1. The van der Waals surface area contributed by atoms with Crippen molar-refractivity contribution in [3.05, 3.63) is 111 Å². The zero-order valence-corrected chi connectivity index (χ0v) is 23.5. The number of nitrogens with one attached hydrogen (secondary N) is 1. The third-order valence-electron chi connectivity index (χ3n) is 6.50. The molecule has 5 rings (SSSR count). The van der Waals surface area contributed by atoms with Gasteiger partial charge in [0.05, 0.1) is 16.8 Å². The molecule has 1 amide bonds. The van der Waals surface area contributed by atoms with Crippen LogP contribution < -0.4 is 5.32 Å². The first-order chi connectivity index (χ1) is 19.9. The molecule has 0 bridgehead atoms. The lowest BCUT2D eigenvalue weighted by Gasteiger charge is -2.12. The molecule has 1 N–H and O–H groups in total. The van der Waals surface area contributed by atoms with Crippen molar-refractivity contribution in [1.29, 1.82) is 0 Å². The predicted molar refractivity (Wildman–Crippen MR) is 154 cm³/mol. The number of alkyl halides is 3. The largest absolute Gasteiger partial charge is 0.433 e. The summed E-state index contributed by atoms with van der Waals surface area (Å²) in [6, 6.07) is 19.5. The van der Waals surface area contributed by atoms with E-state index in [9.17, 15) is 28.1 Å². The second-order valence-electron chi connectivity index (χ2n) is 9.94. The highest BCUT2D eigenvalue weighted by Gasteiger charge is 2.36. The summed E-state index contributed by atoms with van der Waals surface area (Å²) in [7, 11) is 0. The minimum Gasteiger partial charge on any atom is -0.322 e. The van der Waals surface area contributed by atoms with Gasteiger partial charge in [0, 0.05) is 33.2 Å². The Morgan fingerprint density at radius 2 is 1.69 bits per heavy atom. The van der Waals surface area contributed by atoms with Crippen LogP contribution >= 0.6 is 11.8 Å². The second-order valence-corrected chi connectivity index (χ2v) is 11.1. The zero-order valence-electron chi connectivity index (χ0n) is 22.6. The number of hydrogen-bond acceptors (Lipinski definition) is 6. The van der Waals surface area contributed by atoms with E-state index in [2.05, 4.69) is 15.4 Å². The van der Waals surface area contributed by atoms with Crippen LogP contribution in [0.5, 0.6) is 0 Å². The third kappa shape index (κ3) is 6.13. The van der Waals surface area contributed by atoms with Gasteiger partial charge in [0.15, 0.2) is 11.3 Å². The van der Waals surface area contributed by atoms with Crippen molar-refractivity contribution in [2.75, 3.05) is 5.32 Å². The Bertz CT molecular complexity index is 1800. The smallest absolute Gasteiger partial charge is 0.322 e. The lowest BCUT2D eigenvalue weighted by atomic mass is 10.0. The Kier molecular flexibility index (Phi) is 7.74. The molecule has 0 atom stereocenters. The Morgan fingerprint density at radius 1 is 1.00 bits per heavy atom. The molecule has 214 valence electrons. The number of hydrogen-bond donors (Lipinski definition) is 1. The second kappa shape index (κ2) is 11.3. The summed E-state index contributed by atoms with van der Waals surface area (Å²) in [4.78, 5) is 30.1. The van der Waals surface area contributed by atoms with Gasteiger partial charge in [0.25, 0.3) is 11.6 Å². The van der Waals surface area contributed by atoms with Crippen molar-refractivity contribution in [3.8, 4) is 11.3 Å². The average Bonchev–Trinajstić information content (AvgIpc) is 3.37. The van der Waals surface area contributed by atoms with Gasteiger partial charge < -0.3 is 5.32 Å². The number of aryl methyl sites for hydroxylation is 1. The van der Waals surface area contributed by atoms with Crippen molar-refractivity contribution in [1.82, 2.24) is 14.6 Å². The van der Waals surface area contributed by atoms with Gasteiger partial charge in [-0.3, -0.25) is 14.9 Å². The number of nitrogens with zero attached hydrogens (tertiary/aromatic N) is 4. The number of carbonyl (C=O) groups excluding carboxylic acids is 1. The molecule has 2 heterocycles. The molecule has 0 unspecified atom stereocenters. The molecule has 42 heavy (non-hydrogen) atoms. The molecule has 0 spiro atoms. The maximum atomic E-state index is 14.1. The lowest BCUT2D eigenvalue weighted by Crippen LogP contribution is -2.16. The molecule has 0 fully saturated rings. The van der Waals surface area contributed by atoms with E-state index in [1.54, 1.807) is 18.2 Å². The first kappa shape index (κ1) is 28.8. The van der Waals surface area contributed by atoms with Crippen LogP contribution in [0, 0.1) is 17.0 Å². The fraction of sp³-hybridized carbons (Fsp3) is 0.167. The summed E-state index contributed by atoms with van der Waals surface area (Å²) in [6.07, 6.45) is -3.78. The third-order valence-corrected chi connectivity index (χ3v) is 7.48. The first-order valence-electron chi connectivity index (χ1n) is 12.8. The summed E-state index contributed by atoms with van der Waals surface area (Å²) < 4.78 is 42.7. The average molecular weight is 592 g/mol. The van der Waals surface area contributed by atoms with Gasteiger partial charge in [0.2, 0.25) is 0 Å². The van der Waals surface area contributed by atoms with Crippen LogP contribution in [0.1, 0.15) is 46.9 Å². The fourth-order valence-corrected chi connectivity index (χ4v) is 5.18. The van der Waals surface area contributed by atoms with Gasteiger partial charge in [-0.25, -0.2) is 9.50 Å². The van der Waals surface area contributed by atoms with Crippen LogP contribution in [0.15, 0.2) is 88.8 Å². The van der Waals surface area contributed by atoms with E-state index in [1.807, 2.05) is 57.2 Å². The molecule has 2 aromatic heterocycles. The van der Waals surface area contributed by atoms with Crippen molar-refractivity contribution in [2.45, 2.75) is 42.7 Å². The molecule has 0 aliphatic rings. The van der Waals surface area contributed by atoms with Crippen molar-refractivity contribution < 1.29 is 22.9 Å². The fourth-order valence-electron chi connectivity index (χ4n) is 4.27. The number of halogens is 3. The number of non-ortho nitro benzene ring substituents is 1. The van der Waals surface area contributed by atoms with Crippen molar-refractivity contribution >= 4 is 34.7 Å². The number of rotatable bonds is 7. The summed E-state index contributed by atoms with van der Waals surface area (Å²) in [5, 5.41) is 18.0.